The minimum Gasteiger partial charge on any atom is -0.258 e. The highest BCUT2D eigenvalue weighted by Gasteiger charge is 2.06. The Morgan fingerprint density at radius 1 is 1.40 bits per heavy atom. The average molecular weight is 239 g/mol. The second-order valence-electron chi connectivity index (χ2n) is 2.51. The molecule has 0 bridgehead atoms. The van der Waals surface area contributed by atoms with Gasteiger partial charge < -0.3 is 0 Å². The van der Waals surface area contributed by atoms with E-state index in [-0.39, 0.29) is 5.69 Å². The molecule has 0 N–H and O–H groups in total. The molecular weight excluding hydrogens is 234 g/mol. The molecule has 5 nitrogen and oxygen atoms in total. The number of pyridine rings is 1. The number of thiazole rings is 1. The number of nitrogens with zero attached hydrogens (tertiary/aromatic N) is 3. The molecule has 2 rings (SSSR count). The van der Waals surface area contributed by atoms with E-state index in [1.807, 2.05) is 5.38 Å². The van der Waals surface area contributed by atoms with Crippen LogP contribution in [0.25, 0.3) is 0 Å². The Bertz CT molecular complexity index is 455. The summed E-state index contributed by atoms with van der Waals surface area (Å²) in [4.78, 5) is 17.9. The smallest absolute Gasteiger partial charge is 0.258 e. The van der Waals surface area contributed by atoms with Crippen molar-refractivity contribution in [3.8, 4) is 0 Å². The molecule has 0 amide bonds. The van der Waals surface area contributed by atoms with Crippen molar-refractivity contribution in [1.82, 2.24) is 9.97 Å². The van der Waals surface area contributed by atoms with Gasteiger partial charge in [-0.05, 0) is 17.8 Å². The van der Waals surface area contributed by atoms with Crippen molar-refractivity contribution in [2.24, 2.45) is 0 Å². The van der Waals surface area contributed by atoms with Gasteiger partial charge in [0.2, 0.25) is 0 Å². The maximum absolute atomic E-state index is 10.4. The molecule has 0 aliphatic heterocycles. The second kappa shape index (κ2) is 4.37. The summed E-state index contributed by atoms with van der Waals surface area (Å²) in [5.74, 6) is 0. The van der Waals surface area contributed by atoms with Crippen LogP contribution in [-0.2, 0) is 0 Å². The first-order valence-electron chi connectivity index (χ1n) is 3.93. The molecule has 0 atom stereocenters. The van der Waals surface area contributed by atoms with Crippen molar-refractivity contribution >= 4 is 28.8 Å². The largest absolute Gasteiger partial charge is 0.287 e. The first kappa shape index (κ1) is 10.1. The van der Waals surface area contributed by atoms with Crippen LogP contribution in [0.15, 0.2) is 39.3 Å². The summed E-state index contributed by atoms with van der Waals surface area (Å²) in [7, 11) is 0. The normalized spacial score (nSPS) is 10.1. The van der Waals surface area contributed by atoms with Gasteiger partial charge in [-0.2, -0.15) is 0 Å². The fourth-order valence-electron chi connectivity index (χ4n) is 0.891. The zero-order chi connectivity index (χ0) is 10.7. The van der Waals surface area contributed by atoms with Crippen LogP contribution < -0.4 is 0 Å². The van der Waals surface area contributed by atoms with Crippen LogP contribution in [0.4, 0.5) is 5.69 Å². The van der Waals surface area contributed by atoms with Crippen LogP contribution in [0.2, 0.25) is 0 Å². The lowest BCUT2D eigenvalue weighted by Crippen LogP contribution is -1.88. The summed E-state index contributed by atoms with van der Waals surface area (Å²) in [6, 6.07) is 3.05. The van der Waals surface area contributed by atoms with Crippen LogP contribution in [-0.4, -0.2) is 14.9 Å². The Labute approximate surface area is 93.3 Å². The number of aromatic nitrogens is 2. The topological polar surface area (TPSA) is 68.9 Å². The van der Waals surface area contributed by atoms with Gasteiger partial charge in [-0.3, -0.25) is 10.1 Å². The maximum atomic E-state index is 10.4. The van der Waals surface area contributed by atoms with Crippen LogP contribution >= 0.6 is 23.1 Å². The molecule has 76 valence electrons. The van der Waals surface area contributed by atoms with Gasteiger partial charge in [0.05, 0.1) is 4.92 Å². The van der Waals surface area contributed by atoms with Crippen LogP contribution in [0, 0.1) is 10.1 Å². The minimum absolute atomic E-state index is 0.00140. The first-order valence-corrected chi connectivity index (χ1v) is 5.63. The van der Waals surface area contributed by atoms with E-state index in [1.165, 1.54) is 35.4 Å². The summed E-state index contributed by atoms with van der Waals surface area (Å²) >= 11 is 2.89. The van der Waals surface area contributed by atoms with Crippen LogP contribution in [0.5, 0.6) is 0 Å². The lowest BCUT2D eigenvalue weighted by molar-refractivity contribution is -0.385. The zero-order valence-electron chi connectivity index (χ0n) is 7.36. The summed E-state index contributed by atoms with van der Waals surface area (Å²) < 4.78 is 0.872. The standard InChI is InChI=1S/C8H5N3O2S2/c12-11(13)6-1-2-7(10-5-6)15-8-9-3-4-14-8/h1-5H. The molecule has 0 aliphatic rings. The highest BCUT2D eigenvalue weighted by molar-refractivity contribution is 8.00. The second-order valence-corrected chi connectivity index (χ2v) is 4.67. The fraction of sp³-hybridized carbons (Fsp3) is 0. The summed E-state index contributed by atoms with van der Waals surface area (Å²) in [5.41, 5.74) is -0.00140. The molecule has 7 heteroatoms. The van der Waals surface area contributed by atoms with E-state index in [0.717, 1.165) is 4.34 Å². The van der Waals surface area contributed by atoms with Crippen LogP contribution in [0.1, 0.15) is 0 Å². The first-order chi connectivity index (χ1) is 7.25. The molecule has 15 heavy (non-hydrogen) atoms. The molecule has 0 saturated carbocycles. The highest BCUT2D eigenvalue weighted by atomic mass is 32.2. The molecule has 0 radical (unpaired) electrons. The molecule has 2 aromatic rings. The number of rotatable bonds is 3. The molecule has 0 fully saturated rings. The van der Waals surface area contributed by atoms with Crippen molar-refractivity contribution in [3.63, 3.8) is 0 Å². The van der Waals surface area contributed by atoms with Crippen molar-refractivity contribution in [1.29, 1.82) is 0 Å². The van der Waals surface area contributed by atoms with Gasteiger partial charge in [-0.15, -0.1) is 11.3 Å². The Hall–Kier alpha value is -1.47. The fourth-order valence-corrected chi connectivity index (χ4v) is 2.40. The van der Waals surface area contributed by atoms with Gasteiger partial charge in [0.25, 0.3) is 5.69 Å². The Balaban J connectivity index is 2.14. The molecule has 0 saturated heterocycles. The molecule has 2 heterocycles. The highest BCUT2D eigenvalue weighted by Crippen LogP contribution is 2.28. The van der Waals surface area contributed by atoms with E-state index in [9.17, 15) is 10.1 Å². The van der Waals surface area contributed by atoms with Gasteiger partial charge in [-0.1, -0.05) is 0 Å². The predicted octanol–water partition coefficient (Wildman–Crippen LogP) is 2.60. The average Bonchev–Trinajstić information content (AvgIpc) is 2.71. The molecular formula is C8H5N3O2S2. The summed E-state index contributed by atoms with van der Waals surface area (Å²) in [5, 5.41) is 13.0. The molecule has 0 unspecified atom stereocenters. The maximum Gasteiger partial charge on any atom is 0.287 e. The number of hydrogen-bond donors (Lipinski definition) is 0. The van der Waals surface area contributed by atoms with E-state index < -0.39 is 4.92 Å². The lowest BCUT2D eigenvalue weighted by Gasteiger charge is -1.95. The molecule has 2 aromatic heterocycles. The Morgan fingerprint density at radius 3 is 2.80 bits per heavy atom. The third kappa shape index (κ3) is 2.51. The quantitative estimate of drug-likeness (QED) is 0.608. The van der Waals surface area contributed by atoms with Crippen molar-refractivity contribution in [3.05, 3.63) is 40.0 Å². The van der Waals surface area contributed by atoms with E-state index in [2.05, 4.69) is 9.97 Å². The lowest BCUT2D eigenvalue weighted by atomic mass is 10.4. The van der Waals surface area contributed by atoms with E-state index in [1.54, 1.807) is 12.3 Å². The van der Waals surface area contributed by atoms with Crippen molar-refractivity contribution < 1.29 is 4.92 Å². The monoisotopic (exact) mass is 239 g/mol. The van der Waals surface area contributed by atoms with E-state index >= 15 is 0 Å². The molecule has 0 aliphatic carbocycles. The number of hydrogen-bond acceptors (Lipinski definition) is 6. The Kier molecular flexibility index (Phi) is 2.93. The molecule has 0 aromatic carbocycles. The Morgan fingerprint density at radius 2 is 2.27 bits per heavy atom. The third-order valence-corrected chi connectivity index (χ3v) is 3.37. The van der Waals surface area contributed by atoms with Gasteiger partial charge >= 0.3 is 0 Å². The van der Waals surface area contributed by atoms with Crippen LogP contribution in [0.3, 0.4) is 0 Å². The predicted molar refractivity (Wildman–Crippen MR) is 57.1 cm³/mol. The van der Waals surface area contributed by atoms with E-state index in [4.69, 9.17) is 0 Å². The summed E-state index contributed by atoms with van der Waals surface area (Å²) in [6.07, 6.45) is 2.95. The van der Waals surface area contributed by atoms with Crippen molar-refractivity contribution in [2.75, 3.05) is 0 Å². The SMILES string of the molecule is O=[N+]([O-])c1ccc(Sc2nccs2)nc1. The third-order valence-electron chi connectivity index (χ3n) is 1.53. The van der Waals surface area contributed by atoms with E-state index in [0.29, 0.717) is 5.03 Å². The summed E-state index contributed by atoms with van der Waals surface area (Å²) in [6.45, 7) is 0. The number of nitro groups is 1. The zero-order valence-corrected chi connectivity index (χ0v) is 8.99. The van der Waals surface area contributed by atoms with Gasteiger partial charge in [0.15, 0.2) is 4.34 Å². The van der Waals surface area contributed by atoms with Crippen molar-refractivity contribution in [2.45, 2.75) is 9.37 Å². The van der Waals surface area contributed by atoms with Gasteiger partial charge in [0, 0.05) is 17.6 Å². The minimum atomic E-state index is -0.467. The van der Waals surface area contributed by atoms with Gasteiger partial charge in [0.1, 0.15) is 11.2 Å². The molecule has 0 spiro atoms. The van der Waals surface area contributed by atoms with Gasteiger partial charge in [-0.25, -0.2) is 9.97 Å².